The molecule has 0 fully saturated rings. The van der Waals surface area contributed by atoms with E-state index in [9.17, 15) is 4.39 Å². The van der Waals surface area contributed by atoms with Crippen LogP contribution in [0.1, 0.15) is 28.7 Å². The summed E-state index contributed by atoms with van der Waals surface area (Å²) in [6, 6.07) is 8.98. The molecule has 0 bridgehead atoms. The Balaban J connectivity index is 1.98. The van der Waals surface area contributed by atoms with Crippen molar-refractivity contribution in [3.05, 3.63) is 58.4 Å². The van der Waals surface area contributed by atoms with Crippen LogP contribution < -0.4 is 10.6 Å². The number of rotatable bonds is 1. The van der Waals surface area contributed by atoms with E-state index in [1.165, 1.54) is 28.8 Å². The van der Waals surface area contributed by atoms with Crippen molar-refractivity contribution in [2.24, 2.45) is 0 Å². The number of fused-ring (bicyclic) bond motifs is 1. The van der Waals surface area contributed by atoms with E-state index in [1.807, 2.05) is 12.1 Å². The van der Waals surface area contributed by atoms with E-state index in [0.717, 1.165) is 42.9 Å². The van der Waals surface area contributed by atoms with Crippen LogP contribution in [0.5, 0.6) is 0 Å². The number of halogens is 1. The third-order valence-corrected chi connectivity index (χ3v) is 4.47. The predicted molar refractivity (Wildman–Crippen MR) is 86.1 cm³/mol. The van der Waals surface area contributed by atoms with Gasteiger partial charge in [0.1, 0.15) is 5.82 Å². The number of nitrogens with zero attached hydrogens (tertiary/aromatic N) is 1. The molecular formula is C18H21FN2. The van der Waals surface area contributed by atoms with Crippen LogP contribution in [0, 0.1) is 19.7 Å². The van der Waals surface area contributed by atoms with Gasteiger partial charge in [-0.2, -0.15) is 0 Å². The maximum absolute atomic E-state index is 13.1. The molecule has 0 aromatic heterocycles. The molecule has 0 atom stereocenters. The van der Waals surface area contributed by atoms with Gasteiger partial charge in [0, 0.05) is 24.5 Å². The summed E-state index contributed by atoms with van der Waals surface area (Å²) in [7, 11) is 0. The van der Waals surface area contributed by atoms with E-state index in [0.29, 0.717) is 0 Å². The van der Waals surface area contributed by atoms with E-state index in [4.69, 9.17) is 5.73 Å². The first kappa shape index (κ1) is 13.9. The zero-order valence-corrected chi connectivity index (χ0v) is 12.6. The Labute approximate surface area is 125 Å². The second-order valence-electron chi connectivity index (χ2n) is 5.87. The highest BCUT2D eigenvalue weighted by atomic mass is 19.1. The zero-order valence-electron chi connectivity index (χ0n) is 12.6. The lowest BCUT2D eigenvalue weighted by molar-refractivity contribution is 0.627. The van der Waals surface area contributed by atoms with Crippen molar-refractivity contribution >= 4 is 11.4 Å². The van der Waals surface area contributed by atoms with Crippen LogP contribution in [-0.4, -0.2) is 6.54 Å². The minimum atomic E-state index is -0.187. The molecule has 1 aliphatic heterocycles. The first-order valence-electron chi connectivity index (χ1n) is 7.44. The lowest BCUT2D eigenvalue weighted by atomic mass is 9.94. The average molecular weight is 284 g/mol. The highest BCUT2D eigenvalue weighted by Gasteiger charge is 2.18. The van der Waals surface area contributed by atoms with Crippen molar-refractivity contribution in [1.29, 1.82) is 0 Å². The molecule has 2 N–H and O–H groups in total. The normalized spacial score (nSPS) is 14.7. The molecule has 3 heteroatoms. The molecular weight excluding hydrogens is 263 g/mol. The molecule has 3 rings (SSSR count). The van der Waals surface area contributed by atoms with E-state index in [1.54, 1.807) is 0 Å². The molecule has 0 saturated heterocycles. The van der Waals surface area contributed by atoms with Gasteiger partial charge in [0.15, 0.2) is 0 Å². The Morgan fingerprint density at radius 1 is 1.14 bits per heavy atom. The summed E-state index contributed by atoms with van der Waals surface area (Å²) < 4.78 is 13.1. The Hall–Kier alpha value is -2.03. The van der Waals surface area contributed by atoms with Crippen molar-refractivity contribution in [1.82, 2.24) is 0 Å². The summed E-state index contributed by atoms with van der Waals surface area (Å²) in [5.41, 5.74) is 13.3. The van der Waals surface area contributed by atoms with E-state index in [2.05, 4.69) is 24.8 Å². The molecule has 0 amide bonds. The average Bonchev–Trinajstić information content (AvgIpc) is 2.68. The molecule has 0 radical (unpaired) electrons. The number of anilines is 2. The third kappa shape index (κ3) is 2.60. The third-order valence-electron chi connectivity index (χ3n) is 4.47. The molecule has 0 spiro atoms. The van der Waals surface area contributed by atoms with Crippen molar-refractivity contribution in [2.75, 3.05) is 17.2 Å². The number of aryl methyl sites for hydroxylation is 1. The summed E-state index contributed by atoms with van der Waals surface area (Å²) >= 11 is 0. The van der Waals surface area contributed by atoms with Gasteiger partial charge >= 0.3 is 0 Å². The second kappa shape index (κ2) is 5.40. The number of nitrogens with two attached hydrogens (primary N) is 1. The molecule has 0 saturated carbocycles. The zero-order chi connectivity index (χ0) is 15.0. The fourth-order valence-electron chi connectivity index (χ4n) is 3.22. The van der Waals surface area contributed by atoms with Gasteiger partial charge in [-0.05, 0) is 73.2 Å². The van der Waals surface area contributed by atoms with E-state index in [-0.39, 0.29) is 5.82 Å². The lowest BCUT2D eigenvalue weighted by Crippen LogP contribution is -2.22. The SMILES string of the molecule is Cc1cc2c(c(C)c1N)CCCN(c1ccc(F)cc1)C2. The van der Waals surface area contributed by atoms with Gasteiger partial charge in [-0.1, -0.05) is 6.07 Å². The summed E-state index contributed by atoms with van der Waals surface area (Å²) in [6.45, 7) is 6.03. The standard InChI is InChI=1S/C18H21FN2/c1-12-10-14-11-21(16-7-5-15(19)6-8-16)9-3-4-17(14)13(2)18(12)20/h5-8,10H,3-4,9,11,20H2,1-2H3. The minimum absolute atomic E-state index is 0.187. The van der Waals surface area contributed by atoms with Crippen molar-refractivity contribution in [3.63, 3.8) is 0 Å². The van der Waals surface area contributed by atoms with E-state index < -0.39 is 0 Å². The predicted octanol–water partition coefficient (Wildman–Crippen LogP) is 3.98. The number of nitrogen functional groups attached to an aromatic ring is 1. The van der Waals surface area contributed by atoms with Gasteiger partial charge < -0.3 is 10.6 Å². The fourth-order valence-corrected chi connectivity index (χ4v) is 3.22. The van der Waals surface area contributed by atoms with Gasteiger partial charge in [-0.15, -0.1) is 0 Å². The molecule has 2 nitrogen and oxygen atoms in total. The Kier molecular flexibility index (Phi) is 3.58. The Bertz CT molecular complexity index is 662. The van der Waals surface area contributed by atoms with Crippen molar-refractivity contribution in [2.45, 2.75) is 33.2 Å². The van der Waals surface area contributed by atoms with Gasteiger partial charge in [-0.25, -0.2) is 4.39 Å². The van der Waals surface area contributed by atoms with Crippen LogP contribution in [0.3, 0.4) is 0 Å². The Morgan fingerprint density at radius 3 is 2.57 bits per heavy atom. The molecule has 1 aliphatic rings. The van der Waals surface area contributed by atoms with Crippen LogP contribution in [0.15, 0.2) is 30.3 Å². The lowest BCUT2D eigenvalue weighted by Gasteiger charge is -2.24. The quantitative estimate of drug-likeness (QED) is 0.803. The summed E-state index contributed by atoms with van der Waals surface area (Å²) in [6.07, 6.45) is 2.15. The van der Waals surface area contributed by atoms with Crippen LogP contribution >= 0.6 is 0 Å². The molecule has 0 unspecified atom stereocenters. The first-order valence-corrected chi connectivity index (χ1v) is 7.44. The molecule has 110 valence electrons. The summed E-state index contributed by atoms with van der Waals surface area (Å²) in [5, 5.41) is 0. The molecule has 2 aromatic carbocycles. The maximum atomic E-state index is 13.1. The largest absolute Gasteiger partial charge is 0.398 e. The monoisotopic (exact) mass is 284 g/mol. The van der Waals surface area contributed by atoms with Crippen LogP contribution in [-0.2, 0) is 13.0 Å². The highest BCUT2D eigenvalue weighted by Crippen LogP contribution is 2.30. The van der Waals surface area contributed by atoms with Crippen molar-refractivity contribution < 1.29 is 4.39 Å². The van der Waals surface area contributed by atoms with Gasteiger partial charge in [0.2, 0.25) is 0 Å². The fraction of sp³-hybridized carbons (Fsp3) is 0.333. The molecule has 2 aromatic rings. The van der Waals surface area contributed by atoms with Crippen molar-refractivity contribution in [3.8, 4) is 0 Å². The number of benzene rings is 2. The summed E-state index contributed by atoms with van der Waals surface area (Å²) in [4.78, 5) is 2.32. The van der Waals surface area contributed by atoms with Gasteiger partial charge in [0.25, 0.3) is 0 Å². The van der Waals surface area contributed by atoms with Gasteiger partial charge in [-0.3, -0.25) is 0 Å². The Morgan fingerprint density at radius 2 is 1.86 bits per heavy atom. The number of hydrogen-bond acceptors (Lipinski definition) is 2. The first-order chi connectivity index (χ1) is 10.1. The summed E-state index contributed by atoms with van der Waals surface area (Å²) in [5.74, 6) is -0.187. The smallest absolute Gasteiger partial charge is 0.123 e. The van der Waals surface area contributed by atoms with Crippen LogP contribution in [0.2, 0.25) is 0 Å². The molecule has 1 heterocycles. The number of hydrogen-bond donors (Lipinski definition) is 1. The van der Waals surface area contributed by atoms with E-state index >= 15 is 0 Å². The maximum Gasteiger partial charge on any atom is 0.123 e. The molecule has 21 heavy (non-hydrogen) atoms. The topological polar surface area (TPSA) is 29.3 Å². The van der Waals surface area contributed by atoms with Crippen LogP contribution in [0.4, 0.5) is 15.8 Å². The highest BCUT2D eigenvalue weighted by molar-refractivity contribution is 5.60. The van der Waals surface area contributed by atoms with Gasteiger partial charge in [0.05, 0.1) is 0 Å². The minimum Gasteiger partial charge on any atom is -0.398 e. The molecule has 0 aliphatic carbocycles. The van der Waals surface area contributed by atoms with Crippen LogP contribution in [0.25, 0.3) is 0 Å². The second-order valence-corrected chi connectivity index (χ2v) is 5.87.